The first-order chi connectivity index (χ1) is 17.0. The number of aromatic hydroxyl groups is 1. The Hall–Kier alpha value is -3.48. The fraction of sp³-hybridized carbons (Fsp3) is 0.448. The van der Waals surface area contributed by atoms with Gasteiger partial charge in [-0.05, 0) is 65.5 Å². The summed E-state index contributed by atoms with van der Waals surface area (Å²) in [6, 6.07) is 5.14. The van der Waals surface area contributed by atoms with E-state index in [0.29, 0.717) is 41.1 Å². The van der Waals surface area contributed by atoms with Crippen molar-refractivity contribution in [3.63, 3.8) is 0 Å². The van der Waals surface area contributed by atoms with Crippen LogP contribution >= 0.6 is 0 Å². The van der Waals surface area contributed by atoms with E-state index in [1.54, 1.807) is 25.1 Å². The summed E-state index contributed by atoms with van der Waals surface area (Å²) in [5.74, 6) is -2.93. The van der Waals surface area contributed by atoms with Crippen molar-refractivity contribution in [3.05, 3.63) is 58.2 Å². The fourth-order valence-electron chi connectivity index (χ4n) is 6.42. The summed E-state index contributed by atoms with van der Waals surface area (Å²) in [6.07, 6.45) is 3.90. The number of benzene rings is 1. The van der Waals surface area contributed by atoms with E-state index in [4.69, 9.17) is 4.74 Å². The SMILES string of the molecule is CCOc1cccc([C@H]2C3=CC[C@@H]4C(=O)N(C(C)(C)C)C(=O)[C@@H]4[C@@H]3CC3=C2C(=O)C(C)=CC3=O)c1O. The Labute approximate surface area is 210 Å². The van der Waals surface area contributed by atoms with Crippen molar-refractivity contribution in [3.8, 4) is 11.5 Å². The van der Waals surface area contributed by atoms with Crippen LogP contribution in [0.2, 0.25) is 0 Å². The maximum atomic E-state index is 13.7. The fourth-order valence-corrected chi connectivity index (χ4v) is 6.42. The average molecular weight is 490 g/mol. The molecule has 0 bridgehead atoms. The van der Waals surface area contributed by atoms with Crippen molar-refractivity contribution in [1.29, 1.82) is 0 Å². The van der Waals surface area contributed by atoms with Gasteiger partial charge in [0.05, 0.1) is 18.4 Å². The van der Waals surface area contributed by atoms with Crippen LogP contribution < -0.4 is 4.74 Å². The van der Waals surface area contributed by atoms with Crippen LogP contribution in [-0.4, -0.2) is 45.5 Å². The van der Waals surface area contributed by atoms with Gasteiger partial charge >= 0.3 is 0 Å². The van der Waals surface area contributed by atoms with E-state index in [1.807, 2.05) is 33.8 Å². The minimum Gasteiger partial charge on any atom is -0.504 e. The zero-order valence-corrected chi connectivity index (χ0v) is 21.3. The number of ketones is 2. The molecular formula is C29H31NO6. The normalized spacial score (nSPS) is 28.0. The van der Waals surface area contributed by atoms with Crippen LogP contribution in [0.4, 0.5) is 0 Å². The van der Waals surface area contributed by atoms with E-state index in [-0.39, 0.29) is 35.6 Å². The molecule has 188 valence electrons. The van der Waals surface area contributed by atoms with Crippen molar-refractivity contribution < 1.29 is 29.0 Å². The van der Waals surface area contributed by atoms with Crippen LogP contribution in [0.15, 0.2) is 52.6 Å². The minimum absolute atomic E-state index is 0.0857. The Kier molecular flexibility index (Phi) is 5.58. The molecule has 36 heavy (non-hydrogen) atoms. The first kappa shape index (κ1) is 24.2. The molecule has 4 atom stereocenters. The predicted octanol–water partition coefficient (Wildman–Crippen LogP) is 4.02. The van der Waals surface area contributed by atoms with Crippen LogP contribution in [0.5, 0.6) is 11.5 Å². The lowest BCUT2D eigenvalue weighted by molar-refractivity contribution is -0.145. The second kappa shape index (κ2) is 8.29. The highest BCUT2D eigenvalue weighted by atomic mass is 16.5. The smallest absolute Gasteiger partial charge is 0.234 e. The summed E-state index contributed by atoms with van der Waals surface area (Å²) in [7, 11) is 0. The third-order valence-electron chi connectivity index (χ3n) is 7.88. The number of carbonyl (C=O) groups excluding carboxylic acids is 4. The molecule has 7 nitrogen and oxygen atoms in total. The van der Waals surface area contributed by atoms with Gasteiger partial charge in [0.1, 0.15) is 0 Å². The Bertz CT molecular complexity index is 1310. The summed E-state index contributed by atoms with van der Waals surface area (Å²) in [5, 5.41) is 11.2. The van der Waals surface area contributed by atoms with Crippen molar-refractivity contribution in [2.24, 2.45) is 17.8 Å². The van der Waals surface area contributed by atoms with Crippen LogP contribution in [0.1, 0.15) is 58.9 Å². The van der Waals surface area contributed by atoms with Gasteiger partial charge in [-0.3, -0.25) is 24.1 Å². The predicted molar refractivity (Wildman–Crippen MR) is 132 cm³/mol. The van der Waals surface area contributed by atoms with Crippen LogP contribution in [0.3, 0.4) is 0 Å². The molecule has 0 spiro atoms. The molecule has 0 saturated carbocycles. The minimum atomic E-state index is -0.702. The zero-order chi connectivity index (χ0) is 26.1. The first-order valence-electron chi connectivity index (χ1n) is 12.5. The monoisotopic (exact) mass is 489 g/mol. The molecule has 5 rings (SSSR count). The van der Waals surface area contributed by atoms with Gasteiger partial charge in [0.2, 0.25) is 11.8 Å². The van der Waals surface area contributed by atoms with Gasteiger partial charge in [-0.1, -0.05) is 23.8 Å². The molecule has 7 heteroatoms. The van der Waals surface area contributed by atoms with Crippen LogP contribution in [0.25, 0.3) is 0 Å². The molecular weight excluding hydrogens is 458 g/mol. The highest BCUT2D eigenvalue weighted by Gasteiger charge is 2.58. The Morgan fingerprint density at radius 3 is 2.47 bits per heavy atom. The van der Waals surface area contributed by atoms with E-state index >= 15 is 0 Å². The van der Waals surface area contributed by atoms with E-state index in [0.717, 1.165) is 5.57 Å². The number of Topliss-reactive ketones (excluding diaryl/α,β-unsaturated/α-hetero) is 1. The average Bonchev–Trinajstić information content (AvgIpc) is 3.08. The van der Waals surface area contributed by atoms with Crippen molar-refractivity contribution >= 4 is 23.4 Å². The lowest BCUT2D eigenvalue weighted by Gasteiger charge is -2.42. The Morgan fingerprint density at radius 1 is 1.08 bits per heavy atom. The largest absolute Gasteiger partial charge is 0.504 e. The van der Waals surface area contributed by atoms with Crippen molar-refractivity contribution in [1.82, 2.24) is 4.90 Å². The van der Waals surface area contributed by atoms with E-state index in [2.05, 4.69) is 0 Å². The van der Waals surface area contributed by atoms with Crippen LogP contribution in [-0.2, 0) is 19.2 Å². The number of para-hydroxylation sites is 1. The van der Waals surface area contributed by atoms with Gasteiger partial charge in [-0.15, -0.1) is 0 Å². The first-order valence-corrected chi connectivity index (χ1v) is 12.5. The molecule has 0 radical (unpaired) electrons. The number of phenolic OH excluding ortho intramolecular Hbond substituents is 1. The number of imide groups is 1. The van der Waals surface area contributed by atoms with Crippen molar-refractivity contribution in [2.75, 3.05) is 6.61 Å². The zero-order valence-electron chi connectivity index (χ0n) is 21.3. The molecule has 4 aliphatic rings. The van der Waals surface area contributed by atoms with Crippen LogP contribution in [0, 0.1) is 17.8 Å². The molecule has 3 aliphatic carbocycles. The van der Waals surface area contributed by atoms with Gasteiger partial charge in [-0.2, -0.15) is 0 Å². The lowest BCUT2D eigenvalue weighted by Crippen LogP contribution is -2.46. The number of ether oxygens (including phenoxy) is 1. The number of phenols is 1. The summed E-state index contributed by atoms with van der Waals surface area (Å²) >= 11 is 0. The second-order valence-corrected chi connectivity index (χ2v) is 11.0. The Balaban J connectivity index is 1.70. The summed E-state index contributed by atoms with van der Waals surface area (Å²) in [4.78, 5) is 55.0. The molecule has 0 aromatic heterocycles. The van der Waals surface area contributed by atoms with E-state index in [1.165, 1.54) is 11.0 Å². The third-order valence-corrected chi connectivity index (χ3v) is 7.88. The number of likely N-dealkylation sites (tertiary alicyclic amines) is 1. The maximum Gasteiger partial charge on any atom is 0.234 e. The molecule has 1 N–H and O–H groups in total. The molecule has 1 fully saturated rings. The van der Waals surface area contributed by atoms with Crippen molar-refractivity contribution in [2.45, 2.75) is 58.9 Å². The molecule has 0 unspecified atom stereocenters. The number of fused-ring (bicyclic) bond motifs is 3. The number of hydrogen-bond acceptors (Lipinski definition) is 6. The number of hydrogen-bond donors (Lipinski definition) is 1. The number of amides is 2. The van der Waals surface area contributed by atoms with Gasteiger partial charge < -0.3 is 9.84 Å². The summed E-state index contributed by atoms with van der Waals surface area (Å²) in [6.45, 7) is 9.31. The van der Waals surface area contributed by atoms with Gasteiger partial charge in [0.25, 0.3) is 0 Å². The molecule has 1 saturated heterocycles. The van der Waals surface area contributed by atoms with Gasteiger partial charge in [0.15, 0.2) is 23.1 Å². The Morgan fingerprint density at radius 2 is 1.81 bits per heavy atom. The lowest BCUT2D eigenvalue weighted by atomic mass is 9.59. The second-order valence-electron chi connectivity index (χ2n) is 11.0. The maximum absolute atomic E-state index is 13.7. The standard InChI is InChI=1S/C29H31NO6/c1-6-36-21-9-7-8-16(26(21)33)22-15-10-11-17-23(28(35)30(27(17)34)29(3,4)5)18(15)13-19-20(31)12-14(2)25(32)24(19)22/h7-10,12,17-18,22-23,33H,6,11,13H2,1-5H3/t17-,18+,22+,23-/m0/s1. The number of nitrogens with zero attached hydrogens (tertiary/aromatic N) is 1. The topological polar surface area (TPSA) is 101 Å². The molecule has 1 aromatic rings. The van der Waals surface area contributed by atoms with Gasteiger partial charge in [0, 0.05) is 33.7 Å². The summed E-state index contributed by atoms with van der Waals surface area (Å²) in [5.41, 5.74) is 1.69. The van der Waals surface area contributed by atoms with Gasteiger partial charge in [-0.25, -0.2) is 0 Å². The molecule has 1 aromatic carbocycles. The molecule has 1 aliphatic heterocycles. The quantitative estimate of drug-likeness (QED) is 0.391. The highest BCUT2D eigenvalue weighted by Crippen LogP contribution is 2.57. The molecule has 1 heterocycles. The third kappa shape index (κ3) is 3.39. The number of allylic oxidation sites excluding steroid dienone is 6. The highest BCUT2D eigenvalue weighted by molar-refractivity contribution is 6.24. The number of rotatable bonds is 3. The van der Waals surface area contributed by atoms with E-state index in [9.17, 15) is 24.3 Å². The molecule has 2 amide bonds. The van der Waals surface area contributed by atoms with E-state index < -0.39 is 29.2 Å². The summed E-state index contributed by atoms with van der Waals surface area (Å²) < 4.78 is 5.61. The number of carbonyl (C=O) groups is 4.